The Morgan fingerprint density at radius 3 is 1.95 bits per heavy atom. The molecular weight excluding hydrogens is 661 g/mol. The minimum atomic E-state index is -6.01. The smallest absolute Gasteiger partial charge is 0.430 e. The maximum Gasteiger partial charge on any atom is 0.430 e. The van der Waals surface area contributed by atoms with E-state index >= 15 is 0 Å². The number of rotatable bonds is 12. The van der Waals surface area contributed by atoms with E-state index in [4.69, 9.17) is 39.5 Å². The Kier molecular flexibility index (Phi) is 11.1. The van der Waals surface area contributed by atoms with Crippen LogP contribution in [0.4, 0.5) is 31.1 Å². The number of urea groups is 1. The second-order valence-corrected chi connectivity index (χ2v) is 11.8. The fourth-order valence-corrected chi connectivity index (χ4v) is 5.81. The molecule has 1 aliphatic heterocycles. The maximum absolute atomic E-state index is 13.6. The van der Waals surface area contributed by atoms with Crippen LogP contribution in [0.25, 0.3) is 0 Å². The van der Waals surface area contributed by atoms with Gasteiger partial charge < -0.3 is 15.2 Å². The molecule has 2 N–H and O–H groups in total. The quantitative estimate of drug-likeness (QED) is 0.101. The molecule has 2 aromatic carbocycles. The molecule has 1 atom stereocenters. The molecule has 1 aliphatic rings. The van der Waals surface area contributed by atoms with Crippen molar-refractivity contribution in [2.45, 2.75) is 82.8 Å². The van der Waals surface area contributed by atoms with Crippen LogP contribution in [-0.4, -0.2) is 47.4 Å². The summed E-state index contributed by atoms with van der Waals surface area (Å²) in [4.78, 5) is 27.0. The number of hydrogen-bond donors (Lipinski definition) is 2. The summed E-state index contributed by atoms with van der Waals surface area (Å²) in [6.45, 7) is 4.87. The molecule has 0 saturated carbocycles. The summed E-state index contributed by atoms with van der Waals surface area (Å²) in [6.07, 6.45) is -10.5. The number of imide groups is 1. The molecule has 1 fully saturated rings. The molecule has 6 nitrogen and oxygen atoms in total. The van der Waals surface area contributed by atoms with E-state index in [1.807, 2.05) is 0 Å². The highest BCUT2D eigenvalue weighted by Crippen LogP contribution is 2.51. The molecule has 3 amide bonds. The van der Waals surface area contributed by atoms with Gasteiger partial charge in [-0.1, -0.05) is 67.6 Å². The lowest BCUT2D eigenvalue weighted by Crippen LogP contribution is -2.54. The summed E-state index contributed by atoms with van der Waals surface area (Å²) in [5.41, 5.74) is -7.41. The largest absolute Gasteiger partial charge is 0.493 e. The minimum absolute atomic E-state index is 0.00464. The number of hydrogen-bond acceptors (Lipinski definition) is 4. The molecule has 15 heteroatoms. The molecule has 1 heterocycles. The van der Waals surface area contributed by atoms with Crippen molar-refractivity contribution in [1.82, 2.24) is 10.2 Å². The molecule has 0 aromatic heterocycles. The van der Waals surface area contributed by atoms with Crippen molar-refractivity contribution in [3.05, 3.63) is 61.6 Å². The van der Waals surface area contributed by atoms with Crippen LogP contribution in [0.1, 0.15) is 68.7 Å². The van der Waals surface area contributed by atoms with Crippen molar-refractivity contribution in [1.29, 1.82) is 0 Å². The average Bonchev–Trinajstić information content (AvgIpc) is 3.14. The fraction of sp³-hybridized carbons (Fsp3) is 0.517. The van der Waals surface area contributed by atoms with E-state index in [1.54, 1.807) is 13.8 Å². The van der Waals surface area contributed by atoms with Crippen LogP contribution in [0.15, 0.2) is 24.3 Å². The lowest BCUT2D eigenvalue weighted by molar-refractivity contribution is -0.376. The average molecular weight is 692 g/mol. The number of carbonyl (C=O) groups is 2. The van der Waals surface area contributed by atoms with E-state index in [-0.39, 0.29) is 76.3 Å². The van der Waals surface area contributed by atoms with Gasteiger partial charge in [0.15, 0.2) is 0 Å². The summed E-state index contributed by atoms with van der Waals surface area (Å²) >= 11 is 18.4. The van der Waals surface area contributed by atoms with E-state index in [0.29, 0.717) is 25.0 Å². The minimum Gasteiger partial charge on any atom is -0.493 e. The summed E-state index contributed by atoms with van der Waals surface area (Å²) in [7, 11) is 0. The van der Waals surface area contributed by atoms with Crippen molar-refractivity contribution >= 4 is 46.7 Å². The predicted octanol–water partition coefficient (Wildman–Crippen LogP) is 8.49. The van der Waals surface area contributed by atoms with Crippen LogP contribution in [0.5, 0.6) is 5.75 Å². The van der Waals surface area contributed by atoms with Gasteiger partial charge >= 0.3 is 18.4 Å². The number of halogens is 9. The highest BCUT2D eigenvalue weighted by molar-refractivity contribution is 6.48. The van der Waals surface area contributed by atoms with Gasteiger partial charge in [-0.3, -0.25) is 9.69 Å². The molecule has 3 rings (SSSR count). The lowest BCUT2D eigenvalue weighted by atomic mass is 9.87. The van der Waals surface area contributed by atoms with Crippen molar-refractivity contribution in [3.63, 3.8) is 0 Å². The van der Waals surface area contributed by atoms with E-state index < -0.39 is 41.0 Å². The highest BCUT2D eigenvalue weighted by atomic mass is 35.5. The lowest BCUT2D eigenvalue weighted by Gasteiger charge is -2.33. The molecule has 244 valence electrons. The SMILES string of the molecule is CCCc1cc(C(O)(C(F)(F)F)C(F)(F)F)cc(CCC)c1OCCCCN1C(=O)NC(C)(c2ccc(Cl)c(Cl)c2Cl)C1=O. The number of aliphatic hydroxyl groups is 1. The molecule has 0 spiro atoms. The second kappa shape index (κ2) is 13.5. The normalized spacial score (nSPS) is 17.8. The first-order valence-electron chi connectivity index (χ1n) is 13.8. The maximum atomic E-state index is 13.6. The van der Waals surface area contributed by atoms with Crippen LogP contribution in [0, 0.1) is 0 Å². The van der Waals surface area contributed by atoms with Gasteiger partial charge in [0, 0.05) is 17.7 Å². The highest BCUT2D eigenvalue weighted by Gasteiger charge is 2.71. The van der Waals surface area contributed by atoms with Crippen molar-refractivity contribution in [2.75, 3.05) is 13.2 Å². The molecule has 0 aliphatic carbocycles. The summed E-state index contributed by atoms with van der Waals surface area (Å²) in [5, 5.41) is 12.8. The molecule has 1 unspecified atom stereocenters. The zero-order valence-electron chi connectivity index (χ0n) is 24.0. The van der Waals surface area contributed by atoms with Gasteiger partial charge in [0.05, 0.1) is 21.7 Å². The number of nitrogens with zero attached hydrogens (tertiary/aromatic N) is 1. The van der Waals surface area contributed by atoms with Gasteiger partial charge in [-0.05, 0) is 61.9 Å². The van der Waals surface area contributed by atoms with Crippen LogP contribution in [0.3, 0.4) is 0 Å². The van der Waals surface area contributed by atoms with E-state index in [0.717, 1.165) is 4.90 Å². The van der Waals surface area contributed by atoms with Crippen molar-refractivity contribution in [3.8, 4) is 5.75 Å². The van der Waals surface area contributed by atoms with Gasteiger partial charge in [-0.25, -0.2) is 4.79 Å². The first-order chi connectivity index (χ1) is 20.3. The van der Waals surface area contributed by atoms with E-state index in [1.165, 1.54) is 19.1 Å². The Morgan fingerprint density at radius 2 is 1.45 bits per heavy atom. The third-order valence-electron chi connectivity index (χ3n) is 7.39. The summed E-state index contributed by atoms with van der Waals surface area (Å²) < 4.78 is 87.6. The zero-order valence-corrected chi connectivity index (χ0v) is 26.3. The van der Waals surface area contributed by atoms with E-state index in [9.17, 15) is 41.0 Å². The number of unbranched alkanes of at least 4 members (excludes halogenated alkanes) is 1. The van der Waals surface area contributed by atoms with Crippen molar-refractivity contribution in [2.24, 2.45) is 0 Å². The van der Waals surface area contributed by atoms with Crippen LogP contribution in [-0.2, 0) is 28.8 Å². The molecule has 2 aromatic rings. The van der Waals surface area contributed by atoms with E-state index in [2.05, 4.69) is 5.32 Å². The van der Waals surface area contributed by atoms with Gasteiger partial charge in [-0.2, -0.15) is 26.3 Å². The zero-order chi connectivity index (χ0) is 33.3. The Bertz CT molecular complexity index is 1360. The number of alkyl halides is 6. The number of benzene rings is 2. The number of carbonyl (C=O) groups excluding carboxylic acids is 2. The topological polar surface area (TPSA) is 78.9 Å². The molecular formula is C29H31Cl3F6N2O4. The molecule has 44 heavy (non-hydrogen) atoms. The number of aryl methyl sites for hydroxylation is 2. The summed E-state index contributed by atoms with van der Waals surface area (Å²) in [5.74, 6) is -0.419. The van der Waals surface area contributed by atoms with Crippen LogP contribution < -0.4 is 10.1 Å². The first-order valence-corrected chi connectivity index (χ1v) is 14.9. The third-order valence-corrected chi connectivity index (χ3v) is 8.68. The summed E-state index contributed by atoms with van der Waals surface area (Å²) in [6, 6.07) is 3.67. The fourth-order valence-electron chi connectivity index (χ4n) is 5.09. The number of nitrogens with one attached hydrogen (secondary N) is 1. The Hall–Kier alpha value is -2.41. The molecule has 0 bridgehead atoms. The predicted molar refractivity (Wildman–Crippen MR) is 154 cm³/mol. The Balaban J connectivity index is 1.77. The second-order valence-electron chi connectivity index (χ2n) is 10.6. The number of amides is 3. The first kappa shape index (κ1) is 36.1. The van der Waals surface area contributed by atoms with Gasteiger partial charge in [0.2, 0.25) is 0 Å². The molecule has 1 saturated heterocycles. The van der Waals surface area contributed by atoms with Crippen molar-refractivity contribution < 1.29 is 45.8 Å². The van der Waals surface area contributed by atoms with Crippen LogP contribution >= 0.6 is 34.8 Å². The van der Waals surface area contributed by atoms with Gasteiger partial charge in [0.25, 0.3) is 11.5 Å². The van der Waals surface area contributed by atoms with Gasteiger partial charge in [-0.15, -0.1) is 0 Å². The van der Waals surface area contributed by atoms with Crippen LogP contribution in [0.2, 0.25) is 15.1 Å². The Morgan fingerprint density at radius 1 is 0.909 bits per heavy atom. The number of ether oxygens (including phenoxy) is 1. The third kappa shape index (κ3) is 6.73. The monoisotopic (exact) mass is 690 g/mol. The Labute approximate surface area is 265 Å². The standard InChI is InChI=1S/C29H31Cl3F6N2O4/c1-4-8-16-14-18(27(43,28(33,34)35)29(36,37)38)15-17(9-5-2)23(16)44-13-7-6-12-40-24(41)26(3,39-25(40)42)19-10-11-20(30)22(32)21(19)31/h10-11,14-15,43H,4-9,12-13H2,1-3H3,(H,39,42). The van der Waals surface area contributed by atoms with Gasteiger partial charge in [0.1, 0.15) is 11.3 Å². The molecule has 0 radical (unpaired) electrons.